The summed E-state index contributed by atoms with van der Waals surface area (Å²) in [4.78, 5) is 25.9. The van der Waals surface area contributed by atoms with Crippen molar-refractivity contribution in [2.24, 2.45) is 0 Å². The maximum atomic E-state index is 13.9. The van der Waals surface area contributed by atoms with E-state index in [-0.39, 0.29) is 5.56 Å². The Hall–Kier alpha value is -2.99. The van der Waals surface area contributed by atoms with Gasteiger partial charge >= 0.3 is 5.97 Å². The monoisotopic (exact) mass is 381 g/mol. The molecule has 2 aromatic carbocycles. The van der Waals surface area contributed by atoms with E-state index in [2.05, 4.69) is 11.4 Å². The number of benzene rings is 2. The Morgan fingerprint density at radius 3 is 2.59 bits per heavy atom. The van der Waals surface area contributed by atoms with Crippen LogP contribution < -0.4 is 5.32 Å². The summed E-state index contributed by atoms with van der Waals surface area (Å²) < 4.78 is 18.9. The molecular formula is C21H16FNO3S. The zero-order chi connectivity index (χ0) is 19.0. The third-order valence-electron chi connectivity index (χ3n) is 4.65. The van der Waals surface area contributed by atoms with Crippen LogP contribution in [0, 0.1) is 5.82 Å². The van der Waals surface area contributed by atoms with Crippen LogP contribution in [0.5, 0.6) is 0 Å². The van der Waals surface area contributed by atoms with E-state index < -0.39 is 17.7 Å². The van der Waals surface area contributed by atoms with Gasteiger partial charge in [-0.3, -0.25) is 4.79 Å². The molecule has 6 heteroatoms. The van der Waals surface area contributed by atoms with Crippen LogP contribution in [-0.4, -0.2) is 19.0 Å². The molecule has 3 aromatic rings. The minimum atomic E-state index is -0.610. The summed E-state index contributed by atoms with van der Waals surface area (Å²) in [6.45, 7) is 0. The van der Waals surface area contributed by atoms with Gasteiger partial charge in [0.2, 0.25) is 0 Å². The second-order valence-corrected chi connectivity index (χ2v) is 7.22. The van der Waals surface area contributed by atoms with E-state index in [1.54, 1.807) is 6.07 Å². The van der Waals surface area contributed by atoms with E-state index in [0.29, 0.717) is 17.0 Å². The first-order chi connectivity index (χ1) is 13.1. The molecule has 27 heavy (non-hydrogen) atoms. The number of amides is 1. The molecule has 1 aliphatic rings. The molecule has 0 spiro atoms. The fraction of sp³-hybridized carbons (Fsp3) is 0.143. The molecule has 0 unspecified atom stereocenters. The van der Waals surface area contributed by atoms with Gasteiger partial charge in [0, 0.05) is 4.88 Å². The molecule has 0 radical (unpaired) electrons. The lowest BCUT2D eigenvalue weighted by molar-refractivity contribution is 0.0601. The first-order valence-electron chi connectivity index (χ1n) is 8.48. The summed E-state index contributed by atoms with van der Waals surface area (Å²) in [5, 5.41) is 3.10. The second-order valence-electron chi connectivity index (χ2n) is 6.20. The number of fused-ring (bicyclic) bond motifs is 3. The number of carbonyl (C=O) groups excluding carboxylic acids is 2. The van der Waals surface area contributed by atoms with Crippen molar-refractivity contribution in [3.05, 3.63) is 76.6 Å². The zero-order valence-electron chi connectivity index (χ0n) is 14.5. The number of hydrogen-bond acceptors (Lipinski definition) is 4. The lowest BCUT2D eigenvalue weighted by atomic mass is 9.89. The van der Waals surface area contributed by atoms with E-state index >= 15 is 0 Å². The quantitative estimate of drug-likeness (QED) is 0.670. The van der Waals surface area contributed by atoms with Gasteiger partial charge in [-0.1, -0.05) is 36.4 Å². The maximum Gasteiger partial charge on any atom is 0.341 e. The number of rotatable bonds is 3. The van der Waals surface area contributed by atoms with E-state index in [1.165, 1.54) is 42.2 Å². The molecular weight excluding hydrogens is 365 g/mol. The number of anilines is 1. The predicted octanol–water partition coefficient (Wildman–Crippen LogP) is 4.69. The molecule has 1 heterocycles. The number of aryl methyl sites for hydroxylation is 1. The van der Waals surface area contributed by atoms with Gasteiger partial charge in [-0.15, -0.1) is 11.3 Å². The van der Waals surface area contributed by atoms with Crippen molar-refractivity contribution in [1.82, 2.24) is 0 Å². The topological polar surface area (TPSA) is 55.4 Å². The van der Waals surface area contributed by atoms with Gasteiger partial charge in [0.05, 0.1) is 18.2 Å². The summed E-state index contributed by atoms with van der Waals surface area (Å²) in [6, 6.07) is 13.8. The molecule has 1 aromatic heterocycles. The number of methoxy groups -OCH3 is 1. The first-order valence-corrected chi connectivity index (χ1v) is 9.30. The standard InChI is InChI=1S/C21H16FNO3S/c1-26-21(25)17-15-11-10-12-6-2-3-7-13(12)18(15)27-20(17)23-19(24)14-8-4-5-9-16(14)22/h2-9H,10-11H2,1H3,(H,23,24). The highest BCUT2D eigenvalue weighted by atomic mass is 32.1. The van der Waals surface area contributed by atoms with Crippen molar-refractivity contribution in [3.8, 4) is 10.4 Å². The van der Waals surface area contributed by atoms with E-state index in [1.807, 2.05) is 18.2 Å². The molecule has 0 saturated heterocycles. The molecule has 0 fully saturated rings. The molecule has 1 amide bonds. The van der Waals surface area contributed by atoms with Crippen molar-refractivity contribution >= 4 is 28.2 Å². The van der Waals surface area contributed by atoms with Crippen LogP contribution in [0.4, 0.5) is 9.39 Å². The Kier molecular flexibility index (Phi) is 4.49. The smallest absolute Gasteiger partial charge is 0.341 e. The molecule has 0 atom stereocenters. The van der Waals surface area contributed by atoms with Gasteiger partial charge in [-0.2, -0.15) is 0 Å². The number of carbonyl (C=O) groups is 2. The van der Waals surface area contributed by atoms with Crippen molar-refractivity contribution in [2.75, 3.05) is 12.4 Å². The lowest BCUT2D eigenvalue weighted by Crippen LogP contribution is -2.16. The van der Waals surface area contributed by atoms with E-state index in [4.69, 9.17) is 4.74 Å². The number of ether oxygens (including phenoxy) is 1. The molecule has 136 valence electrons. The van der Waals surface area contributed by atoms with Crippen molar-refractivity contribution in [1.29, 1.82) is 0 Å². The number of halogens is 1. The first kappa shape index (κ1) is 17.4. The Bertz CT molecular complexity index is 1060. The van der Waals surface area contributed by atoms with Gasteiger partial charge < -0.3 is 10.1 Å². The summed E-state index contributed by atoms with van der Waals surface area (Å²) in [5.74, 6) is -1.71. The zero-order valence-corrected chi connectivity index (χ0v) is 15.4. The SMILES string of the molecule is COC(=O)c1c(NC(=O)c2ccccc2F)sc2c1CCc1ccccc1-2. The normalized spacial score (nSPS) is 12.1. The number of nitrogens with one attached hydrogen (secondary N) is 1. The Morgan fingerprint density at radius 1 is 1.07 bits per heavy atom. The van der Waals surface area contributed by atoms with Crippen LogP contribution in [-0.2, 0) is 17.6 Å². The summed E-state index contributed by atoms with van der Waals surface area (Å²) >= 11 is 1.32. The average Bonchev–Trinajstić information content (AvgIpc) is 3.06. The fourth-order valence-corrected chi connectivity index (χ4v) is 4.66. The molecule has 0 saturated carbocycles. The van der Waals surface area contributed by atoms with Gasteiger partial charge in [0.25, 0.3) is 5.91 Å². The Balaban J connectivity index is 1.80. The predicted molar refractivity (Wildman–Crippen MR) is 103 cm³/mol. The minimum absolute atomic E-state index is 0.0694. The largest absolute Gasteiger partial charge is 0.465 e. The van der Waals surface area contributed by atoms with Crippen LogP contribution in [0.1, 0.15) is 31.8 Å². The average molecular weight is 381 g/mol. The lowest BCUT2D eigenvalue weighted by Gasteiger charge is -2.16. The maximum absolute atomic E-state index is 13.9. The van der Waals surface area contributed by atoms with Crippen molar-refractivity contribution in [2.45, 2.75) is 12.8 Å². The third-order valence-corrected chi connectivity index (χ3v) is 5.83. The molecule has 0 bridgehead atoms. The Labute approximate surface area is 159 Å². The molecule has 4 rings (SSSR count). The van der Waals surface area contributed by atoms with Crippen LogP contribution in [0.2, 0.25) is 0 Å². The molecule has 1 aliphatic carbocycles. The highest BCUT2D eigenvalue weighted by Gasteiger charge is 2.29. The highest BCUT2D eigenvalue weighted by molar-refractivity contribution is 7.20. The summed E-state index contributed by atoms with van der Waals surface area (Å²) in [6.07, 6.45) is 1.49. The fourth-order valence-electron chi connectivity index (χ4n) is 3.36. The highest BCUT2D eigenvalue weighted by Crippen LogP contribution is 2.45. The van der Waals surface area contributed by atoms with Gasteiger partial charge in [0.1, 0.15) is 10.8 Å². The van der Waals surface area contributed by atoms with Gasteiger partial charge in [-0.05, 0) is 41.7 Å². The minimum Gasteiger partial charge on any atom is -0.465 e. The van der Waals surface area contributed by atoms with Crippen molar-refractivity contribution in [3.63, 3.8) is 0 Å². The van der Waals surface area contributed by atoms with Crippen LogP contribution in [0.25, 0.3) is 10.4 Å². The van der Waals surface area contributed by atoms with Gasteiger partial charge in [-0.25, -0.2) is 9.18 Å². The van der Waals surface area contributed by atoms with Crippen LogP contribution >= 0.6 is 11.3 Å². The molecule has 1 N–H and O–H groups in total. The van der Waals surface area contributed by atoms with Crippen LogP contribution in [0.15, 0.2) is 48.5 Å². The summed E-state index contributed by atoms with van der Waals surface area (Å²) in [7, 11) is 1.31. The van der Waals surface area contributed by atoms with Crippen LogP contribution in [0.3, 0.4) is 0 Å². The summed E-state index contributed by atoms with van der Waals surface area (Å²) in [5.41, 5.74) is 3.42. The third kappa shape index (κ3) is 3.02. The number of thiophene rings is 1. The molecule has 0 aliphatic heterocycles. The van der Waals surface area contributed by atoms with Gasteiger partial charge in [0.15, 0.2) is 0 Å². The van der Waals surface area contributed by atoms with E-state index in [9.17, 15) is 14.0 Å². The number of esters is 1. The van der Waals surface area contributed by atoms with Crippen molar-refractivity contribution < 1.29 is 18.7 Å². The van der Waals surface area contributed by atoms with E-state index in [0.717, 1.165) is 22.4 Å². The number of hydrogen-bond donors (Lipinski definition) is 1. The Morgan fingerprint density at radius 2 is 1.81 bits per heavy atom. The second kappa shape index (κ2) is 6.96. The molecule has 4 nitrogen and oxygen atoms in total.